The van der Waals surface area contributed by atoms with Crippen LogP contribution in [0, 0.1) is 18.7 Å². The molecule has 0 spiro atoms. The number of allylic oxidation sites excluding steroid dienone is 5. The highest BCUT2D eigenvalue weighted by atomic mass is 19.1. The van der Waals surface area contributed by atoms with Crippen LogP contribution in [0.1, 0.15) is 125 Å². The number of halogens is 1. The Labute approximate surface area is 261 Å². The van der Waals surface area contributed by atoms with Crippen LogP contribution >= 0.6 is 0 Å². The summed E-state index contributed by atoms with van der Waals surface area (Å²) in [6, 6.07) is 6.72. The number of aryl methyl sites for hydroxylation is 2. The fraction of sp³-hybridized carbons (Fsp3) is 0.641. The van der Waals surface area contributed by atoms with Gasteiger partial charge in [-0.2, -0.15) is 0 Å². The van der Waals surface area contributed by atoms with E-state index in [9.17, 15) is 4.39 Å². The highest BCUT2D eigenvalue weighted by Gasteiger charge is 2.29. The van der Waals surface area contributed by atoms with E-state index < -0.39 is 0 Å². The van der Waals surface area contributed by atoms with Gasteiger partial charge in [0, 0.05) is 37.4 Å². The molecule has 0 aromatic heterocycles. The molecular formula is C39H67FN2. The molecule has 1 atom stereocenters. The lowest BCUT2D eigenvalue weighted by Crippen LogP contribution is -2.55. The average molecular weight is 583 g/mol. The molecule has 240 valence electrons. The van der Waals surface area contributed by atoms with Crippen LogP contribution < -0.4 is 0 Å². The molecule has 42 heavy (non-hydrogen) atoms. The van der Waals surface area contributed by atoms with Crippen LogP contribution in [0.4, 0.5) is 4.39 Å². The second kappa shape index (κ2) is 21.5. The summed E-state index contributed by atoms with van der Waals surface area (Å²) in [5.74, 6) is 0.924. The molecule has 1 heterocycles. The zero-order valence-corrected chi connectivity index (χ0v) is 28.3. The number of nitrogens with zero attached hydrogens (tertiary/aromatic N) is 2. The Balaban J connectivity index is 0.000000926. The largest absolute Gasteiger partial charge is 0.369 e. The molecule has 1 aromatic carbocycles. The van der Waals surface area contributed by atoms with Crippen LogP contribution in [-0.4, -0.2) is 41.5 Å². The van der Waals surface area contributed by atoms with Crippen molar-refractivity contribution in [3.63, 3.8) is 0 Å². The molecule has 1 aliphatic carbocycles. The first-order valence-corrected chi connectivity index (χ1v) is 16.4. The van der Waals surface area contributed by atoms with Crippen LogP contribution in [0.5, 0.6) is 0 Å². The van der Waals surface area contributed by atoms with Crippen molar-refractivity contribution in [3.8, 4) is 0 Å². The minimum atomic E-state index is -0.0810. The third-order valence-corrected chi connectivity index (χ3v) is 8.13. The van der Waals surface area contributed by atoms with Gasteiger partial charge in [-0.1, -0.05) is 95.9 Å². The van der Waals surface area contributed by atoms with Gasteiger partial charge in [0.1, 0.15) is 5.82 Å². The molecule has 0 bridgehead atoms. The van der Waals surface area contributed by atoms with Crippen molar-refractivity contribution in [1.29, 1.82) is 0 Å². The molecule has 1 aromatic rings. The summed E-state index contributed by atoms with van der Waals surface area (Å²) < 4.78 is 12.9. The van der Waals surface area contributed by atoms with E-state index in [0.29, 0.717) is 6.04 Å². The Hall–Kier alpha value is -2.13. The van der Waals surface area contributed by atoms with Crippen molar-refractivity contribution in [1.82, 2.24) is 9.80 Å². The summed E-state index contributed by atoms with van der Waals surface area (Å²) in [5, 5.41) is 0. The third kappa shape index (κ3) is 15.4. The molecule has 3 rings (SSSR count). The van der Waals surface area contributed by atoms with Gasteiger partial charge in [-0.3, -0.25) is 4.90 Å². The molecule has 1 saturated heterocycles. The van der Waals surface area contributed by atoms with E-state index in [1.54, 1.807) is 6.07 Å². The maximum absolute atomic E-state index is 12.9. The fourth-order valence-corrected chi connectivity index (χ4v) is 5.53. The highest BCUT2D eigenvalue weighted by Crippen LogP contribution is 2.35. The second-order valence-electron chi connectivity index (χ2n) is 12.5. The first kappa shape index (κ1) is 39.9. The normalized spacial score (nSPS) is 17.5. The molecule has 1 unspecified atom stereocenters. The Morgan fingerprint density at radius 1 is 1.05 bits per heavy atom. The van der Waals surface area contributed by atoms with Gasteiger partial charge in [-0.05, 0) is 102 Å². The van der Waals surface area contributed by atoms with Gasteiger partial charge < -0.3 is 4.90 Å². The van der Waals surface area contributed by atoms with Crippen LogP contribution in [0.15, 0.2) is 65.9 Å². The lowest BCUT2D eigenvalue weighted by molar-refractivity contribution is 0.0575. The topological polar surface area (TPSA) is 6.48 Å². The number of hydrogen-bond donors (Lipinski definition) is 0. The minimum Gasteiger partial charge on any atom is -0.369 e. The Morgan fingerprint density at radius 2 is 1.64 bits per heavy atom. The van der Waals surface area contributed by atoms with E-state index in [4.69, 9.17) is 0 Å². The van der Waals surface area contributed by atoms with Gasteiger partial charge in [0.2, 0.25) is 0 Å². The molecule has 2 aliphatic rings. The van der Waals surface area contributed by atoms with Crippen molar-refractivity contribution in [2.45, 2.75) is 140 Å². The van der Waals surface area contributed by atoms with E-state index in [1.165, 1.54) is 80.3 Å². The van der Waals surface area contributed by atoms with E-state index in [1.807, 2.05) is 39.8 Å². The monoisotopic (exact) mass is 583 g/mol. The summed E-state index contributed by atoms with van der Waals surface area (Å²) in [7, 11) is 0. The summed E-state index contributed by atoms with van der Waals surface area (Å²) in [6.07, 6.45) is 16.2. The standard InChI is InChI=1S/C25H44N2.C9H11F.C4H8.CH4/c1-7-10-25(11-8-2)27-17-16-26(19-21(27)5)22(6)20(4)18-23(9-3)12-13-24-14-15-24;1-3-8-5-4-7(2)6-9(8)10;1-4(2)3;/h9,18,21,24-25H,6-8,10-17,19H2,1-5H3;4-6H,3H2,1-2H3;1H2,2-3H3;1H4/b20-18-,23-9-;;;. The highest BCUT2D eigenvalue weighted by molar-refractivity contribution is 5.34. The second-order valence-corrected chi connectivity index (χ2v) is 12.5. The third-order valence-electron chi connectivity index (χ3n) is 8.13. The number of piperazine rings is 1. The Kier molecular flexibility index (Phi) is 20.4. The molecule has 2 fully saturated rings. The SMILES string of the molecule is C.C=C(/C(C)=C\C(=C/C)CCC1CC1)N1CCN(C(CCC)CCC)C(C)C1.C=C(C)C.CCc1ccc(C)cc1F. The molecule has 0 N–H and O–H groups in total. The summed E-state index contributed by atoms with van der Waals surface area (Å²) in [4.78, 5) is 5.29. The average Bonchev–Trinajstić information content (AvgIpc) is 3.75. The van der Waals surface area contributed by atoms with Crippen LogP contribution in [0.25, 0.3) is 0 Å². The smallest absolute Gasteiger partial charge is 0.126 e. The zero-order valence-electron chi connectivity index (χ0n) is 28.3. The van der Waals surface area contributed by atoms with Crippen molar-refractivity contribution in [2.75, 3.05) is 19.6 Å². The van der Waals surface area contributed by atoms with Gasteiger partial charge in [-0.25, -0.2) is 4.39 Å². The predicted molar refractivity (Wildman–Crippen MR) is 188 cm³/mol. The quantitative estimate of drug-likeness (QED) is 0.179. The maximum Gasteiger partial charge on any atom is 0.126 e. The summed E-state index contributed by atoms with van der Waals surface area (Å²) in [5.41, 5.74) is 7.01. The first-order valence-electron chi connectivity index (χ1n) is 16.4. The first-order chi connectivity index (χ1) is 19.5. The zero-order chi connectivity index (χ0) is 30.9. The summed E-state index contributed by atoms with van der Waals surface area (Å²) in [6.45, 7) is 30.7. The van der Waals surface area contributed by atoms with Crippen LogP contribution in [0.3, 0.4) is 0 Å². The Bertz CT molecular complexity index is 974. The van der Waals surface area contributed by atoms with Crippen molar-refractivity contribution < 1.29 is 4.39 Å². The molecule has 1 aliphatic heterocycles. The minimum absolute atomic E-state index is 0. The van der Waals surface area contributed by atoms with Gasteiger partial charge in [0.15, 0.2) is 0 Å². The lowest BCUT2D eigenvalue weighted by Gasteiger charge is -2.45. The fourth-order valence-electron chi connectivity index (χ4n) is 5.53. The van der Waals surface area contributed by atoms with Crippen molar-refractivity contribution >= 4 is 0 Å². The van der Waals surface area contributed by atoms with Crippen molar-refractivity contribution in [3.05, 3.63) is 82.9 Å². The van der Waals surface area contributed by atoms with Gasteiger partial charge in [-0.15, -0.1) is 6.58 Å². The van der Waals surface area contributed by atoms with E-state index in [2.05, 4.69) is 69.7 Å². The Morgan fingerprint density at radius 3 is 2.10 bits per heavy atom. The van der Waals surface area contributed by atoms with Crippen LogP contribution in [-0.2, 0) is 6.42 Å². The lowest BCUT2D eigenvalue weighted by atomic mass is 10.00. The van der Waals surface area contributed by atoms with Gasteiger partial charge in [0.25, 0.3) is 0 Å². The predicted octanol–water partition coefficient (Wildman–Crippen LogP) is 11.5. The molecule has 0 amide bonds. The number of benzene rings is 1. The summed E-state index contributed by atoms with van der Waals surface area (Å²) >= 11 is 0. The molecule has 0 radical (unpaired) electrons. The molecule has 3 heteroatoms. The number of hydrogen-bond acceptors (Lipinski definition) is 2. The number of rotatable bonds is 12. The maximum atomic E-state index is 12.9. The molecule has 1 saturated carbocycles. The van der Waals surface area contributed by atoms with E-state index in [0.717, 1.165) is 42.6 Å². The van der Waals surface area contributed by atoms with Crippen molar-refractivity contribution in [2.24, 2.45) is 5.92 Å². The van der Waals surface area contributed by atoms with Gasteiger partial charge in [0.05, 0.1) is 0 Å². The van der Waals surface area contributed by atoms with E-state index in [-0.39, 0.29) is 13.2 Å². The molecule has 2 nitrogen and oxygen atoms in total. The van der Waals surface area contributed by atoms with Gasteiger partial charge >= 0.3 is 0 Å². The molecular weight excluding hydrogens is 515 g/mol. The van der Waals surface area contributed by atoms with Crippen LogP contribution in [0.2, 0.25) is 0 Å². The van der Waals surface area contributed by atoms with E-state index >= 15 is 0 Å².